The van der Waals surface area contributed by atoms with E-state index in [1.807, 2.05) is 13.8 Å². The number of carbonyl (C=O) groups excluding carboxylic acids is 2. The van der Waals surface area contributed by atoms with Crippen molar-refractivity contribution in [2.45, 2.75) is 26.4 Å². The quantitative estimate of drug-likeness (QED) is 0.592. The van der Waals surface area contributed by atoms with Crippen LogP contribution in [-0.4, -0.2) is 49.6 Å². The molecule has 6 nitrogen and oxygen atoms in total. The van der Waals surface area contributed by atoms with Crippen LogP contribution < -0.4 is 11.5 Å². The van der Waals surface area contributed by atoms with E-state index in [0.29, 0.717) is 6.54 Å². The summed E-state index contributed by atoms with van der Waals surface area (Å²) in [7, 11) is 1.51. The zero-order chi connectivity index (χ0) is 13.4. The summed E-state index contributed by atoms with van der Waals surface area (Å²) in [5.41, 5.74) is 10.6. The Morgan fingerprint density at radius 3 is 2.29 bits per heavy atom. The Labute approximate surface area is 102 Å². The van der Waals surface area contributed by atoms with Crippen molar-refractivity contribution in [2.75, 3.05) is 26.7 Å². The van der Waals surface area contributed by atoms with Crippen LogP contribution in [0.4, 0.5) is 0 Å². The number of ether oxygens (including phenoxy) is 1. The van der Waals surface area contributed by atoms with E-state index in [-0.39, 0.29) is 37.4 Å². The summed E-state index contributed by atoms with van der Waals surface area (Å²) >= 11 is 0. The lowest BCUT2D eigenvalue weighted by molar-refractivity contribution is -0.137. The van der Waals surface area contributed by atoms with Gasteiger partial charge in [-0.1, -0.05) is 13.8 Å². The average Bonchev–Trinajstić information content (AvgIpc) is 2.23. The number of rotatable bonds is 8. The zero-order valence-corrected chi connectivity index (χ0v) is 10.8. The predicted molar refractivity (Wildman–Crippen MR) is 65.1 cm³/mol. The van der Waals surface area contributed by atoms with Gasteiger partial charge in [-0.15, -0.1) is 0 Å². The molecule has 1 unspecified atom stereocenters. The van der Waals surface area contributed by atoms with Gasteiger partial charge in [-0.25, -0.2) is 0 Å². The van der Waals surface area contributed by atoms with Crippen molar-refractivity contribution in [3.63, 3.8) is 0 Å². The molecule has 17 heavy (non-hydrogen) atoms. The Morgan fingerprint density at radius 2 is 1.94 bits per heavy atom. The highest BCUT2D eigenvalue weighted by Gasteiger charge is 2.20. The van der Waals surface area contributed by atoms with Gasteiger partial charge in [0.15, 0.2) is 0 Å². The number of nitrogens with two attached hydrogens (primary N) is 2. The summed E-state index contributed by atoms with van der Waals surface area (Å²) in [5, 5.41) is 0. The van der Waals surface area contributed by atoms with Crippen LogP contribution in [0.5, 0.6) is 0 Å². The van der Waals surface area contributed by atoms with Crippen LogP contribution in [0, 0.1) is 5.92 Å². The minimum Gasteiger partial charge on any atom is -0.380 e. The Balaban J connectivity index is 4.45. The second kappa shape index (κ2) is 8.03. The van der Waals surface area contributed by atoms with Crippen LogP contribution in [-0.2, 0) is 14.3 Å². The average molecular weight is 245 g/mol. The van der Waals surface area contributed by atoms with E-state index in [4.69, 9.17) is 16.2 Å². The van der Waals surface area contributed by atoms with E-state index in [0.717, 1.165) is 0 Å². The van der Waals surface area contributed by atoms with Crippen LogP contribution in [0.3, 0.4) is 0 Å². The smallest absolute Gasteiger partial charge is 0.237 e. The molecule has 0 bridgehead atoms. The minimum atomic E-state index is -0.513. The molecule has 0 heterocycles. The molecule has 1 atom stereocenters. The summed E-state index contributed by atoms with van der Waals surface area (Å²) in [5.74, 6) is -0.396. The molecular formula is C11H23N3O3. The Morgan fingerprint density at radius 1 is 1.35 bits per heavy atom. The lowest BCUT2D eigenvalue weighted by Gasteiger charge is -2.24. The first kappa shape index (κ1) is 15.9. The third-order valence-electron chi connectivity index (χ3n) is 2.28. The number of hydrogen-bond acceptors (Lipinski definition) is 4. The van der Waals surface area contributed by atoms with Gasteiger partial charge in [-0.05, 0) is 5.92 Å². The number of nitrogens with zero attached hydrogens (tertiary/aromatic N) is 1. The molecule has 0 saturated carbocycles. The Hall–Kier alpha value is -1.14. The highest BCUT2D eigenvalue weighted by Crippen LogP contribution is 2.04. The molecule has 6 heteroatoms. The van der Waals surface area contributed by atoms with Crippen LogP contribution in [0.2, 0.25) is 0 Å². The van der Waals surface area contributed by atoms with Crippen molar-refractivity contribution >= 4 is 11.8 Å². The number of hydrogen-bond donors (Lipinski definition) is 2. The van der Waals surface area contributed by atoms with Crippen molar-refractivity contribution in [1.29, 1.82) is 0 Å². The normalized spacial score (nSPS) is 12.5. The van der Waals surface area contributed by atoms with Gasteiger partial charge in [-0.3, -0.25) is 9.59 Å². The monoisotopic (exact) mass is 245 g/mol. The maximum absolute atomic E-state index is 11.9. The second-order valence-corrected chi connectivity index (χ2v) is 4.43. The van der Waals surface area contributed by atoms with E-state index < -0.39 is 5.91 Å². The van der Waals surface area contributed by atoms with Gasteiger partial charge in [0.25, 0.3) is 0 Å². The summed E-state index contributed by atoms with van der Waals surface area (Å²) in [6.45, 7) is 4.66. The van der Waals surface area contributed by atoms with Crippen molar-refractivity contribution < 1.29 is 14.3 Å². The summed E-state index contributed by atoms with van der Waals surface area (Å²) in [6.07, 6.45) is -0.141. The minimum absolute atomic E-state index is 0.0575. The summed E-state index contributed by atoms with van der Waals surface area (Å²) < 4.78 is 5.04. The summed E-state index contributed by atoms with van der Waals surface area (Å²) in [6, 6.07) is 0. The fourth-order valence-corrected chi connectivity index (χ4v) is 1.47. The molecule has 0 rings (SSSR count). The molecule has 100 valence electrons. The molecule has 0 aliphatic rings. The Bertz CT molecular complexity index is 252. The Kier molecular flexibility index (Phi) is 7.49. The molecule has 4 N–H and O–H groups in total. The van der Waals surface area contributed by atoms with E-state index in [2.05, 4.69) is 0 Å². The third-order valence-corrected chi connectivity index (χ3v) is 2.28. The molecule has 0 saturated heterocycles. The van der Waals surface area contributed by atoms with Crippen LogP contribution in [0.25, 0.3) is 0 Å². The molecular weight excluding hydrogens is 222 g/mol. The second-order valence-electron chi connectivity index (χ2n) is 4.43. The number of amides is 2. The van der Waals surface area contributed by atoms with Gasteiger partial charge in [-0.2, -0.15) is 0 Å². The highest BCUT2D eigenvalue weighted by molar-refractivity contribution is 5.84. The van der Waals surface area contributed by atoms with Gasteiger partial charge in [0.05, 0.1) is 19.1 Å². The van der Waals surface area contributed by atoms with Gasteiger partial charge in [0.1, 0.15) is 0 Å². The third kappa shape index (κ3) is 6.91. The van der Waals surface area contributed by atoms with Crippen molar-refractivity contribution in [3.05, 3.63) is 0 Å². The van der Waals surface area contributed by atoms with E-state index in [1.54, 1.807) is 0 Å². The molecule has 2 amide bonds. The van der Waals surface area contributed by atoms with Gasteiger partial charge < -0.3 is 21.1 Å². The molecule has 0 aromatic rings. The number of methoxy groups -OCH3 is 1. The highest BCUT2D eigenvalue weighted by atomic mass is 16.5. The van der Waals surface area contributed by atoms with Crippen molar-refractivity contribution in [2.24, 2.45) is 17.4 Å². The van der Waals surface area contributed by atoms with Gasteiger partial charge in [0, 0.05) is 20.2 Å². The van der Waals surface area contributed by atoms with Crippen LogP contribution >= 0.6 is 0 Å². The topological polar surface area (TPSA) is 98.7 Å². The molecule has 0 fully saturated rings. The van der Waals surface area contributed by atoms with Crippen LogP contribution in [0.15, 0.2) is 0 Å². The lowest BCUT2D eigenvalue weighted by Crippen LogP contribution is -2.42. The lowest BCUT2D eigenvalue weighted by atomic mass is 10.1. The fraction of sp³-hybridized carbons (Fsp3) is 0.818. The van der Waals surface area contributed by atoms with E-state index >= 15 is 0 Å². The van der Waals surface area contributed by atoms with Crippen molar-refractivity contribution in [1.82, 2.24) is 4.90 Å². The fourth-order valence-electron chi connectivity index (χ4n) is 1.47. The first-order valence-corrected chi connectivity index (χ1v) is 5.69. The van der Waals surface area contributed by atoms with Gasteiger partial charge in [0.2, 0.25) is 11.8 Å². The zero-order valence-electron chi connectivity index (χ0n) is 10.8. The maximum Gasteiger partial charge on any atom is 0.237 e. The predicted octanol–water partition coefficient (Wildman–Crippen LogP) is -0.680. The maximum atomic E-state index is 11.9. The number of primary amides is 1. The van der Waals surface area contributed by atoms with Gasteiger partial charge >= 0.3 is 0 Å². The SMILES string of the molecule is COC(CN)CC(=O)N(CC(N)=O)CC(C)C. The molecule has 0 radical (unpaired) electrons. The molecule has 0 aromatic carbocycles. The van der Waals surface area contributed by atoms with E-state index in [9.17, 15) is 9.59 Å². The first-order valence-electron chi connectivity index (χ1n) is 5.69. The molecule has 0 spiro atoms. The largest absolute Gasteiger partial charge is 0.380 e. The summed E-state index contributed by atoms with van der Waals surface area (Å²) in [4.78, 5) is 24.3. The van der Waals surface area contributed by atoms with Crippen molar-refractivity contribution in [3.8, 4) is 0 Å². The first-order chi connectivity index (χ1) is 7.90. The van der Waals surface area contributed by atoms with Crippen LogP contribution in [0.1, 0.15) is 20.3 Å². The van der Waals surface area contributed by atoms with E-state index in [1.165, 1.54) is 12.0 Å². The standard InChI is InChI=1S/C11H23N3O3/c1-8(2)6-14(7-10(13)15)11(16)4-9(5-12)17-3/h8-9H,4-7,12H2,1-3H3,(H2,13,15). The molecule has 0 aliphatic carbocycles. The molecule has 0 aromatic heterocycles. The number of carbonyl (C=O) groups is 2. The molecule has 0 aliphatic heterocycles.